The third-order valence-electron chi connectivity index (χ3n) is 9.62. The molecule has 0 unspecified atom stereocenters. The summed E-state index contributed by atoms with van der Waals surface area (Å²) in [5.41, 5.74) is 13.6. The molecule has 0 aliphatic heterocycles. The van der Waals surface area contributed by atoms with E-state index in [0.717, 1.165) is 39.6 Å². The van der Waals surface area contributed by atoms with Gasteiger partial charge in [-0.15, -0.1) is 0 Å². The monoisotopic (exact) mass is 589 g/mol. The number of aromatic nitrogens is 3. The van der Waals surface area contributed by atoms with E-state index in [1.54, 1.807) is 0 Å². The Bertz CT molecular complexity index is 2400. The summed E-state index contributed by atoms with van der Waals surface area (Å²) < 4.78 is 2.36. The molecule has 218 valence electrons. The number of hydrogen-bond acceptors (Lipinski definition) is 2. The Hall–Kier alpha value is -5.80. The van der Waals surface area contributed by atoms with Crippen LogP contribution in [0.2, 0.25) is 0 Å². The molecule has 0 atom stereocenters. The molecule has 46 heavy (non-hydrogen) atoms. The van der Waals surface area contributed by atoms with Crippen molar-refractivity contribution in [2.75, 3.05) is 0 Å². The molecule has 1 aliphatic rings. The molecular formula is C43H31N3. The molecule has 0 N–H and O–H groups in total. The Morgan fingerprint density at radius 3 is 1.85 bits per heavy atom. The lowest BCUT2D eigenvalue weighted by Gasteiger charge is -2.21. The first-order chi connectivity index (χ1) is 22.6. The highest BCUT2D eigenvalue weighted by Crippen LogP contribution is 2.52. The van der Waals surface area contributed by atoms with Gasteiger partial charge in [-0.2, -0.15) is 0 Å². The van der Waals surface area contributed by atoms with Gasteiger partial charge in [-0.1, -0.05) is 135 Å². The molecule has 0 fully saturated rings. The van der Waals surface area contributed by atoms with Gasteiger partial charge in [-0.05, 0) is 52.6 Å². The van der Waals surface area contributed by atoms with E-state index in [4.69, 9.17) is 9.97 Å². The van der Waals surface area contributed by atoms with Crippen molar-refractivity contribution >= 4 is 21.8 Å². The van der Waals surface area contributed by atoms with Crippen LogP contribution in [-0.4, -0.2) is 14.5 Å². The molecule has 8 aromatic rings. The fourth-order valence-corrected chi connectivity index (χ4v) is 7.42. The Kier molecular flexibility index (Phi) is 5.85. The highest BCUT2D eigenvalue weighted by atomic mass is 15.0. The van der Waals surface area contributed by atoms with E-state index < -0.39 is 0 Å². The van der Waals surface area contributed by atoms with Gasteiger partial charge in [0.05, 0.1) is 22.4 Å². The van der Waals surface area contributed by atoms with E-state index >= 15 is 0 Å². The lowest BCUT2D eigenvalue weighted by atomic mass is 9.82. The fourth-order valence-electron chi connectivity index (χ4n) is 7.42. The van der Waals surface area contributed by atoms with Gasteiger partial charge in [-0.25, -0.2) is 9.97 Å². The maximum absolute atomic E-state index is 5.24. The third-order valence-corrected chi connectivity index (χ3v) is 9.62. The number of fused-ring (bicyclic) bond motifs is 6. The highest BCUT2D eigenvalue weighted by molar-refractivity contribution is 6.09. The van der Waals surface area contributed by atoms with Gasteiger partial charge < -0.3 is 4.57 Å². The Labute approximate surface area is 268 Å². The van der Waals surface area contributed by atoms with Crippen molar-refractivity contribution in [3.8, 4) is 50.7 Å². The normalized spacial score (nSPS) is 13.2. The molecule has 6 aromatic carbocycles. The lowest BCUT2D eigenvalue weighted by Crippen LogP contribution is -2.14. The standard InChI is InChI=1S/C43H31N3/c1-43(2)35-22-9-6-20-33(35)41-34(21-13-23-36(41)43)38-27-37(44-42(45-38)28-14-4-3-5-15-28)29-16-12-17-30(26-29)46-39-24-10-7-18-31(39)32-19-8-11-25-40(32)46/h3-27H,1-2H3. The quantitative estimate of drug-likeness (QED) is 0.204. The van der Waals surface area contributed by atoms with Crippen LogP contribution < -0.4 is 0 Å². The van der Waals surface area contributed by atoms with Crippen LogP contribution in [0.5, 0.6) is 0 Å². The van der Waals surface area contributed by atoms with E-state index in [9.17, 15) is 0 Å². The van der Waals surface area contributed by atoms with Crippen molar-refractivity contribution in [3.63, 3.8) is 0 Å². The van der Waals surface area contributed by atoms with Gasteiger partial charge in [0.1, 0.15) is 0 Å². The van der Waals surface area contributed by atoms with Crippen molar-refractivity contribution in [2.45, 2.75) is 19.3 Å². The number of rotatable bonds is 4. The zero-order chi connectivity index (χ0) is 30.8. The van der Waals surface area contributed by atoms with Gasteiger partial charge in [0.15, 0.2) is 5.82 Å². The first-order valence-corrected chi connectivity index (χ1v) is 15.9. The van der Waals surface area contributed by atoms with Crippen molar-refractivity contribution in [1.29, 1.82) is 0 Å². The van der Waals surface area contributed by atoms with Crippen LogP contribution in [0.3, 0.4) is 0 Å². The molecule has 0 saturated heterocycles. The van der Waals surface area contributed by atoms with Crippen LogP contribution in [0, 0.1) is 0 Å². The first kappa shape index (κ1) is 26.6. The fraction of sp³-hybridized carbons (Fsp3) is 0.0698. The largest absolute Gasteiger partial charge is 0.309 e. The molecular weight excluding hydrogens is 558 g/mol. The van der Waals surface area contributed by atoms with Crippen LogP contribution >= 0.6 is 0 Å². The second-order valence-electron chi connectivity index (χ2n) is 12.6. The SMILES string of the molecule is CC1(C)c2ccccc2-c2c(-c3cc(-c4cccc(-n5c6ccccc6c6ccccc65)c4)nc(-c4ccccc4)n3)cccc21. The van der Waals surface area contributed by atoms with E-state index in [-0.39, 0.29) is 5.41 Å². The smallest absolute Gasteiger partial charge is 0.160 e. The maximum atomic E-state index is 5.24. The van der Waals surface area contributed by atoms with Crippen LogP contribution in [0.25, 0.3) is 72.5 Å². The first-order valence-electron chi connectivity index (χ1n) is 15.9. The van der Waals surface area contributed by atoms with Gasteiger partial charge in [-0.3, -0.25) is 0 Å². The Morgan fingerprint density at radius 1 is 0.478 bits per heavy atom. The second-order valence-corrected chi connectivity index (χ2v) is 12.6. The van der Waals surface area contributed by atoms with Crippen molar-refractivity contribution in [3.05, 3.63) is 163 Å². The summed E-state index contributed by atoms with van der Waals surface area (Å²) in [7, 11) is 0. The third kappa shape index (κ3) is 3.98. The Balaban J connectivity index is 1.27. The maximum Gasteiger partial charge on any atom is 0.160 e. The van der Waals surface area contributed by atoms with Crippen molar-refractivity contribution < 1.29 is 0 Å². The molecule has 0 saturated carbocycles. The number of hydrogen-bond donors (Lipinski definition) is 0. The van der Waals surface area contributed by atoms with E-state index in [0.29, 0.717) is 0 Å². The minimum Gasteiger partial charge on any atom is -0.309 e. The number of nitrogens with zero attached hydrogens (tertiary/aromatic N) is 3. The van der Waals surface area contributed by atoms with Crippen LogP contribution in [0.15, 0.2) is 152 Å². The van der Waals surface area contributed by atoms with Gasteiger partial charge in [0.25, 0.3) is 0 Å². The molecule has 2 heterocycles. The molecule has 3 nitrogen and oxygen atoms in total. The van der Waals surface area contributed by atoms with E-state index in [1.807, 2.05) is 18.2 Å². The molecule has 0 amide bonds. The van der Waals surface area contributed by atoms with Crippen LogP contribution in [0.1, 0.15) is 25.0 Å². The van der Waals surface area contributed by atoms with Crippen molar-refractivity contribution in [2.24, 2.45) is 0 Å². The molecule has 2 aromatic heterocycles. The van der Waals surface area contributed by atoms with Gasteiger partial charge in [0.2, 0.25) is 0 Å². The summed E-state index contributed by atoms with van der Waals surface area (Å²) in [6, 6.07) is 54.0. The topological polar surface area (TPSA) is 30.7 Å². The predicted octanol–water partition coefficient (Wildman–Crippen LogP) is 10.9. The van der Waals surface area contributed by atoms with E-state index in [2.05, 4.69) is 152 Å². The summed E-state index contributed by atoms with van der Waals surface area (Å²) in [5, 5.41) is 2.50. The molecule has 9 rings (SSSR count). The summed E-state index contributed by atoms with van der Waals surface area (Å²) in [6.07, 6.45) is 0. The molecule has 0 bridgehead atoms. The second kappa shape index (κ2) is 10.1. The minimum absolute atomic E-state index is 0.0866. The average molecular weight is 590 g/mol. The molecule has 3 heteroatoms. The van der Waals surface area contributed by atoms with Crippen molar-refractivity contribution in [1.82, 2.24) is 14.5 Å². The van der Waals surface area contributed by atoms with Crippen LogP contribution in [0.4, 0.5) is 0 Å². The van der Waals surface area contributed by atoms with Gasteiger partial charge in [0, 0.05) is 38.6 Å². The number of benzene rings is 6. The lowest BCUT2D eigenvalue weighted by molar-refractivity contribution is 0.660. The van der Waals surface area contributed by atoms with Gasteiger partial charge >= 0.3 is 0 Å². The molecule has 0 radical (unpaired) electrons. The highest BCUT2D eigenvalue weighted by Gasteiger charge is 2.36. The molecule has 0 spiro atoms. The predicted molar refractivity (Wildman–Crippen MR) is 190 cm³/mol. The number of para-hydroxylation sites is 2. The van der Waals surface area contributed by atoms with E-state index in [1.165, 1.54) is 44.1 Å². The zero-order valence-electron chi connectivity index (χ0n) is 25.8. The zero-order valence-corrected chi connectivity index (χ0v) is 25.8. The summed E-state index contributed by atoms with van der Waals surface area (Å²) in [6.45, 7) is 4.64. The minimum atomic E-state index is -0.0866. The average Bonchev–Trinajstić information content (AvgIpc) is 3.57. The Morgan fingerprint density at radius 2 is 1.07 bits per heavy atom. The summed E-state index contributed by atoms with van der Waals surface area (Å²) in [5.74, 6) is 0.721. The van der Waals surface area contributed by atoms with Crippen LogP contribution in [-0.2, 0) is 5.41 Å². The molecule has 1 aliphatic carbocycles. The summed E-state index contributed by atoms with van der Waals surface area (Å²) >= 11 is 0. The summed E-state index contributed by atoms with van der Waals surface area (Å²) in [4.78, 5) is 10.4.